The van der Waals surface area contributed by atoms with E-state index in [1.165, 1.54) is 7.17 Å². The number of rotatable bonds is 3. The van der Waals surface area contributed by atoms with Crippen LogP contribution in [0, 0.1) is 0 Å². The van der Waals surface area contributed by atoms with Crippen LogP contribution in [0.2, 0.25) is 5.82 Å². The van der Waals surface area contributed by atoms with E-state index in [1.807, 2.05) is 0 Å². The van der Waals surface area contributed by atoms with E-state index in [9.17, 15) is 0 Å². The van der Waals surface area contributed by atoms with Crippen LogP contribution in [0.5, 0.6) is 0 Å². The normalized spacial score (nSPS) is 9.57. The third kappa shape index (κ3) is 2.71. The first kappa shape index (κ1) is 7.05. The maximum absolute atomic E-state index is 8.25. The zero-order valence-corrected chi connectivity index (χ0v) is 4.04. The molecule has 37 valence electrons. The molecule has 0 fully saturated rings. The molecule has 3 radical (unpaired) electrons. The molecule has 0 heterocycles. The molecule has 0 aromatic carbocycles. The van der Waals surface area contributed by atoms with Gasteiger partial charge in [-0.3, -0.25) is 0 Å². The van der Waals surface area contributed by atoms with Crippen molar-refractivity contribution in [2.75, 3.05) is 13.2 Å². The van der Waals surface area contributed by atoms with E-state index in [1.54, 1.807) is 0 Å². The first-order valence-corrected chi connectivity index (χ1v) is 2.12. The number of hydrogen-bond acceptors (Lipinski definition) is 2. The van der Waals surface area contributed by atoms with Crippen molar-refractivity contribution in [3.05, 3.63) is 0 Å². The van der Waals surface area contributed by atoms with Gasteiger partial charge in [0.25, 0.3) is 0 Å². The zero-order chi connectivity index (χ0) is 5.70. The molecule has 0 amide bonds. The fraction of sp³-hybridized carbons (Fsp3) is 1.00. The molecule has 0 aliphatic heterocycles. The van der Waals surface area contributed by atoms with Crippen LogP contribution in [-0.4, -0.2) is 38.3 Å². The molecule has 0 rings (SSSR count). The minimum absolute atomic E-state index is 0.0764. The summed E-state index contributed by atoms with van der Waals surface area (Å²) in [6.45, 7) is -0.153. The minimum Gasteiger partial charge on any atom is -0.397 e. The molecule has 0 aliphatic carbocycles. The van der Waals surface area contributed by atoms with E-state index >= 15 is 0 Å². The highest BCUT2D eigenvalue weighted by molar-refractivity contribution is 6.90. The Kier molecular flexibility index (Phi) is 4.25. The molecule has 0 aliphatic rings. The predicted molar refractivity (Wildman–Crippen MR) is 29.4 cm³/mol. The Morgan fingerprint density at radius 1 is 1.43 bits per heavy atom. The van der Waals surface area contributed by atoms with Gasteiger partial charge in [0.1, 0.15) is 0 Å². The lowest BCUT2D eigenvalue weighted by molar-refractivity contribution is 0.221. The van der Waals surface area contributed by atoms with Crippen LogP contribution in [0.4, 0.5) is 0 Å². The molecule has 0 bridgehead atoms. The van der Waals surface area contributed by atoms with Crippen LogP contribution >= 0.6 is 0 Å². The minimum atomic E-state index is -0.250. The second kappa shape index (κ2) is 4.22. The van der Waals surface area contributed by atoms with E-state index in [0.717, 1.165) is 0 Å². The topological polar surface area (TPSA) is 40.5 Å². The molecule has 0 aromatic rings. The monoisotopic (exact) mass is 97.1 g/mol. The molecule has 0 spiro atoms. The Morgan fingerprint density at radius 3 is 1.86 bits per heavy atom. The van der Waals surface area contributed by atoms with Gasteiger partial charge in [0.15, 0.2) is 0 Å². The van der Waals surface area contributed by atoms with Crippen LogP contribution in [0.15, 0.2) is 0 Å². The summed E-state index contributed by atoms with van der Waals surface area (Å²) < 4.78 is 0. The second-order valence-corrected chi connectivity index (χ2v) is 1.32. The third-order valence-electron chi connectivity index (χ3n) is 0.741. The first-order valence-electron chi connectivity index (χ1n) is 2.12. The molecular formula is C3H7B2O2. The van der Waals surface area contributed by atoms with E-state index < -0.39 is 0 Å². The molecule has 4 heteroatoms. The fourth-order valence-corrected chi connectivity index (χ4v) is 0.179. The highest BCUT2D eigenvalue weighted by Gasteiger charge is 1.99. The molecule has 0 saturated heterocycles. The first-order chi connectivity index (χ1) is 3.35. The Bertz CT molecular complexity index is 32.4. The van der Waals surface area contributed by atoms with Crippen molar-refractivity contribution in [1.29, 1.82) is 0 Å². The molecule has 2 nitrogen and oxygen atoms in total. The van der Waals surface area contributed by atoms with Gasteiger partial charge >= 0.3 is 0 Å². The summed E-state index contributed by atoms with van der Waals surface area (Å²) in [5.41, 5.74) is 0. The quantitative estimate of drug-likeness (QED) is 0.422. The van der Waals surface area contributed by atoms with Crippen LogP contribution in [-0.2, 0) is 0 Å². The van der Waals surface area contributed by atoms with Crippen LogP contribution in [0.25, 0.3) is 0 Å². The average Bonchev–Trinajstić information content (AvgIpc) is 1.72. The van der Waals surface area contributed by atoms with E-state index in [2.05, 4.69) is 0 Å². The van der Waals surface area contributed by atoms with Gasteiger partial charge in [0.05, 0.1) is 7.17 Å². The van der Waals surface area contributed by atoms with Crippen molar-refractivity contribution in [3.63, 3.8) is 0 Å². The van der Waals surface area contributed by atoms with Crippen molar-refractivity contribution < 1.29 is 10.2 Å². The van der Waals surface area contributed by atoms with Crippen LogP contribution in [0.1, 0.15) is 0 Å². The summed E-state index contributed by atoms with van der Waals surface area (Å²) in [5.74, 6) is -0.250. The van der Waals surface area contributed by atoms with Crippen molar-refractivity contribution in [2.24, 2.45) is 0 Å². The zero-order valence-electron chi connectivity index (χ0n) is 4.04. The number of aliphatic hydroxyl groups is 2. The van der Waals surface area contributed by atoms with Gasteiger partial charge in [-0.15, -0.1) is 0 Å². The molecule has 7 heavy (non-hydrogen) atoms. The van der Waals surface area contributed by atoms with E-state index in [-0.39, 0.29) is 19.0 Å². The van der Waals surface area contributed by atoms with E-state index in [4.69, 9.17) is 18.0 Å². The molecular weight excluding hydrogens is 89.7 g/mol. The van der Waals surface area contributed by atoms with Crippen molar-refractivity contribution >= 4 is 14.9 Å². The maximum Gasteiger partial charge on any atom is 0.0647 e. The van der Waals surface area contributed by atoms with Gasteiger partial charge < -0.3 is 10.2 Å². The summed E-state index contributed by atoms with van der Waals surface area (Å²) >= 11 is 0. The van der Waals surface area contributed by atoms with E-state index in [0.29, 0.717) is 0 Å². The summed E-state index contributed by atoms with van der Waals surface area (Å²) in [6, 6.07) is 0. The standard InChI is InChI=1S/C3H7B2O2/c4-5-3(1-6)2-7/h3,6-7H,1-2H2. The van der Waals surface area contributed by atoms with Crippen LogP contribution < -0.4 is 0 Å². The van der Waals surface area contributed by atoms with Gasteiger partial charge in [-0.1, -0.05) is 0 Å². The summed E-state index contributed by atoms with van der Waals surface area (Å²) in [6.07, 6.45) is 0. The molecule has 0 aromatic heterocycles. The smallest absolute Gasteiger partial charge is 0.0647 e. The fourth-order valence-electron chi connectivity index (χ4n) is 0.179. The van der Waals surface area contributed by atoms with Crippen molar-refractivity contribution in [2.45, 2.75) is 5.82 Å². The Hall–Kier alpha value is 0.0499. The second-order valence-electron chi connectivity index (χ2n) is 1.32. The summed E-state index contributed by atoms with van der Waals surface area (Å²) in [4.78, 5) is 0. The van der Waals surface area contributed by atoms with Gasteiger partial charge in [0.2, 0.25) is 0 Å². The Balaban J connectivity index is 2.99. The lowest BCUT2D eigenvalue weighted by Crippen LogP contribution is -2.11. The lowest BCUT2D eigenvalue weighted by atomic mass is 9.48. The van der Waals surface area contributed by atoms with Gasteiger partial charge in [0, 0.05) is 21.0 Å². The summed E-state index contributed by atoms with van der Waals surface area (Å²) in [5, 5.41) is 16.5. The maximum atomic E-state index is 8.25. The van der Waals surface area contributed by atoms with Crippen molar-refractivity contribution in [3.8, 4) is 0 Å². The average molecular weight is 96.7 g/mol. The van der Waals surface area contributed by atoms with Crippen LogP contribution in [0.3, 0.4) is 0 Å². The van der Waals surface area contributed by atoms with Gasteiger partial charge in [-0.2, -0.15) is 0 Å². The largest absolute Gasteiger partial charge is 0.397 e. The molecule has 2 N–H and O–H groups in total. The highest BCUT2D eigenvalue weighted by atomic mass is 16.3. The Labute approximate surface area is 45.2 Å². The third-order valence-corrected chi connectivity index (χ3v) is 0.741. The number of aliphatic hydroxyl groups excluding tert-OH is 2. The molecule has 0 saturated carbocycles. The molecule has 0 unspecified atom stereocenters. The number of hydrogen-bond donors (Lipinski definition) is 2. The van der Waals surface area contributed by atoms with Gasteiger partial charge in [-0.05, 0) is 5.82 Å². The van der Waals surface area contributed by atoms with Crippen molar-refractivity contribution in [1.82, 2.24) is 0 Å². The van der Waals surface area contributed by atoms with Gasteiger partial charge in [-0.25, -0.2) is 0 Å². The SMILES string of the molecule is [B][B]C(CO)CO. The molecule has 0 atom stereocenters. The predicted octanol–water partition coefficient (Wildman–Crippen LogP) is -1.45. The lowest BCUT2D eigenvalue weighted by Gasteiger charge is -2.03. The Morgan fingerprint density at radius 2 is 1.86 bits per heavy atom. The highest BCUT2D eigenvalue weighted by Crippen LogP contribution is 1.94. The summed E-state index contributed by atoms with van der Waals surface area (Å²) in [7, 11) is 6.23.